The van der Waals surface area contributed by atoms with Gasteiger partial charge in [0.25, 0.3) is 0 Å². The number of aromatic nitrogens is 2. The average molecular weight is 351 g/mol. The van der Waals surface area contributed by atoms with E-state index in [1.54, 1.807) is 11.3 Å². The molecule has 0 bridgehead atoms. The first kappa shape index (κ1) is 15.6. The van der Waals surface area contributed by atoms with Gasteiger partial charge in [-0.3, -0.25) is 0 Å². The second kappa shape index (κ2) is 6.19. The third-order valence-corrected chi connectivity index (χ3v) is 6.66. The van der Waals surface area contributed by atoms with Crippen LogP contribution in [0.2, 0.25) is 5.28 Å². The van der Waals surface area contributed by atoms with E-state index in [4.69, 9.17) is 11.6 Å². The van der Waals surface area contributed by atoms with Crippen molar-refractivity contribution in [3.8, 4) is 0 Å². The van der Waals surface area contributed by atoms with Crippen molar-refractivity contribution >= 4 is 39.0 Å². The largest absolute Gasteiger partial charge is 0.367 e. The molecule has 2 heterocycles. The summed E-state index contributed by atoms with van der Waals surface area (Å²) < 4.78 is 0. The molecule has 0 saturated heterocycles. The maximum absolute atomic E-state index is 6.17. The van der Waals surface area contributed by atoms with Gasteiger partial charge in [0.2, 0.25) is 5.28 Å². The molecular weight excluding hydrogens is 328 g/mol. The van der Waals surface area contributed by atoms with Gasteiger partial charge in [0.15, 0.2) is 0 Å². The van der Waals surface area contributed by atoms with Crippen LogP contribution in [-0.2, 0) is 12.8 Å². The Morgan fingerprint density at radius 3 is 2.65 bits per heavy atom. The highest BCUT2D eigenvalue weighted by atomic mass is 35.5. The first-order valence-electron chi connectivity index (χ1n) is 8.52. The fraction of sp³-hybridized carbons (Fsp3) is 0.647. The monoisotopic (exact) mass is 350 g/mol. The fourth-order valence-corrected chi connectivity index (χ4v) is 5.48. The number of anilines is 1. The van der Waals surface area contributed by atoms with Gasteiger partial charge in [-0.15, -0.1) is 11.3 Å². The molecule has 1 saturated carbocycles. The topological polar surface area (TPSA) is 41.0 Å². The van der Waals surface area contributed by atoms with Crippen LogP contribution in [0.3, 0.4) is 0 Å². The van der Waals surface area contributed by atoms with Crippen molar-refractivity contribution in [3.63, 3.8) is 0 Å². The van der Waals surface area contributed by atoms with Crippen molar-refractivity contribution in [3.05, 3.63) is 15.7 Å². The molecule has 2 aromatic heterocycles. The number of nitrogens with zero attached hydrogens (tertiary/aromatic N) is 3. The summed E-state index contributed by atoms with van der Waals surface area (Å²) in [5, 5.41) is 5.29. The molecule has 4 nitrogen and oxygen atoms in total. The first-order valence-corrected chi connectivity index (χ1v) is 9.72. The number of hydrogen-bond acceptors (Lipinski definition) is 5. The van der Waals surface area contributed by atoms with Crippen molar-refractivity contribution in [2.45, 2.75) is 57.0 Å². The van der Waals surface area contributed by atoms with E-state index in [-0.39, 0.29) is 0 Å². The maximum Gasteiger partial charge on any atom is 0.225 e. The Bertz CT molecular complexity index is 719. The minimum Gasteiger partial charge on any atom is -0.367 e. The molecule has 1 fully saturated rings. The van der Waals surface area contributed by atoms with Crippen LogP contribution >= 0.6 is 22.9 Å². The van der Waals surface area contributed by atoms with Crippen LogP contribution in [0.15, 0.2) is 0 Å². The quantitative estimate of drug-likeness (QED) is 0.845. The van der Waals surface area contributed by atoms with Crippen molar-refractivity contribution < 1.29 is 0 Å². The summed E-state index contributed by atoms with van der Waals surface area (Å²) in [5.41, 5.74) is 1.46. The number of thiophene rings is 1. The van der Waals surface area contributed by atoms with Crippen molar-refractivity contribution in [2.24, 2.45) is 0 Å². The number of hydrogen-bond donors (Lipinski definition) is 1. The molecule has 0 atom stereocenters. The highest BCUT2D eigenvalue weighted by Gasteiger charge is 2.26. The lowest BCUT2D eigenvalue weighted by atomic mass is 9.90. The zero-order valence-electron chi connectivity index (χ0n) is 13.7. The van der Waals surface area contributed by atoms with E-state index in [0.717, 1.165) is 17.1 Å². The molecule has 0 spiro atoms. The Kier molecular flexibility index (Phi) is 4.20. The Morgan fingerprint density at radius 2 is 1.91 bits per heavy atom. The highest BCUT2D eigenvalue weighted by Crippen LogP contribution is 2.40. The maximum atomic E-state index is 6.17. The van der Waals surface area contributed by atoms with Gasteiger partial charge in [-0.1, -0.05) is 0 Å². The zero-order chi connectivity index (χ0) is 16.0. The van der Waals surface area contributed by atoms with Crippen LogP contribution in [0.5, 0.6) is 0 Å². The van der Waals surface area contributed by atoms with Gasteiger partial charge in [0.1, 0.15) is 10.6 Å². The summed E-state index contributed by atoms with van der Waals surface area (Å²) >= 11 is 7.97. The molecule has 2 aliphatic rings. The zero-order valence-corrected chi connectivity index (χ0v) is 15.3. The minimum absolute atomic E-state index is 0.363. The molecule has 1 N–H and O–H groups in total. The molecule has 0 unspecified atom stereocenters. The summed E-state index contributed by atoms with van der Waals surface area (Å²) in [6, 6.07) is 1.21. The highest BCUT2D eigenvalue weighted by molar-refractivity contribution is 7.19. The van der Waals surface area contributed by atoms with Crippen LogP contribution in [0.4, 0.5) is 5.82 Å². The number of nitrogens with one attached hydrogen (secondary N) is 1. The second-order valence-electron chi connectivity index (χ2n) is 6.99. The predicted octanol–water partition coefficient (Wildman–Crippen LogP) is 4.12. The summed E-state index contributed by atoms with van der Waals surface area (Å²) in [6.45, 7) is 0. The lowest BCUT2D eigenvalue weighted by molar-refractivity contribution is 0.221. The van der Waals surface area contributed by atoms with Crippen molar-refractivity contribution in [2.75, 3.05) is 19.4 Å². The van der Waals surface area contributed by atoms with E-state index in [1.165, 1.54) is 54.4 Å². The lowest BCUT2D eigenvalue weighted by Crippen LogP contribution is -2.36. The van der Waals surface area contributed by atoms with E-state index in [0.29, 0.717) is 17.4 Å². The smallest absolute Gasteiger partial charge is 0.225 e. The third-order valence-electron chi connectivity index (χ3n) is 5.31. The van der Waals surface area contributed by atoms with Gasteiger partial charge in [-0.05, 0) is 76.2 Å². The van der Waals surface area contributed by atoms with Gasteiger partial charge in [0, 0.05) is 17.0 Å². The van der Waals surface area contributed by atoms with Crippen molar-refractivity contribution in [1.29, 1.82) is 0 Å². The second-order valence-corrected chi connectivity index (χ2v) is 8.41. The Balaban J connectivity index is 1.59. The Morgan fingerprint density at radius 1 is 1.13 bits per heavy atom. The number of fused-ring (bicyclic) bond motifs is 3. The molecule has 2 aliphatic carbocycles. The molecule has 0 aromatic carbocycles. The lowest BCUT2D eigenvalue weighted by Gasteiger charge is -2.33. The number of halogens is 1. The Hall–Kier alpha value is -0.910. The standard InChI is InChI=1S/C17H23ClN4S/c1-22(2)11-8-6-10(7-9-11)19-15-14-12-4-3-5-13(12)23-16(14)21-17(18)20-15/h10-11H,3-9H2,1-2H3,(H,19,20,21). The summed E-state index contributed by atoms with van der Waals surface area (Å²) in [4.78, 5) is 13.9. The normalized spacial score (nSPS) is 24.3. The fourth-order valence-electron chi connectivity index (χ4n) is 4.00. The minimum atomic E-state index is 0.363. The van der Waals surface area contributed by atoms with Crippen LogP contribution in [0, 0.1) is 0 Å². The molecule has 2 aromatic rings. The molecular formula is C17H23ClN4S. The van der Waals surface area contributed by atoms with E-state index < -0.39 is 0 Å². The summed E-state index contributed by atoms with van der Waals surface area (Å²) in [6.07, 6.45) is 8.47. The molecule has 0 aliphatic heterocycles. The summed E-state index contributed by atoms with van der Waals surface area (Å²) in [7, 11) is 4.36. The number of aryl methyl sites for hydroxylation is 2. The van der Waals surface area contributed by atoms with E-state index >= 15 is 0 Å². The van der Waals surface area contributed by atoms with Gasteiger partial charge >= 0.3 is 0 Å². The Labute approximate surface area is 146 Å². The van der Waals surface area contributed by atoms with Crippen LogP contribution in [-0.4, -0.2) is 41.0 Å². The molecule has 6 heteroatoms. The average Bonchev–Trinajstić information content (AvgIpc) is 3.07. The van der Waals surface area contributed by atoms with Gasteiger partial charge < -0.3 is 10.2 Å². The van der Waals surface area contributed by atoms with Gasteiger partial charge in [0.05, 0.1) is 5.39 Å². The van der Waals surface area contributed by atoms with Gasteiger partial charge in [-0.25, -0.2) is 9.97 Å². The molecule has 23 heavy (non-hydrogen) atoms. The SMILES string of the molecule is CN(C)C1CCC(Nc2nc(Cl)nc3sc4c(c23)CCC4)CC1. The van der Waals surface area contributed by atoms with Crippen molar-refractivity contribution in [1.82, 2.24) is 14.9 Å². The van der Waals surface area contributed by atoms with Crippen LogP contribution in [0.25, 0.3) is 10.2 Å². The van der Waals surface area contributed by atoms with E-state index in [1.807, 2.05) is 0 Å². The summed E-state index contributed by atoms with van der Waals surface area (Å²) in [5.74, 6) is 0.965. The molecule has 0 amide bonds. The predicted molar refractivity (Wildman–Crippen MR) is 97.8 cm³/mol. The molecule has 4 rings (SSSR count). The molecule has 0 radical (unpaired) electrons. The van der Waals surface area contributed by atoms with Crippen LogP contribution < -0.4 is 5.32 Å². The number of rotatable bonds is 3. The van der Waals surface area contributed by atoms with Crippen LogP contribution in [0.1, 0.15) is 42.5 Å². The van der Waals surface area contributed by atoms with Gasteiger partial charge in [-0.2, -0.15) is 0 Å². The van der Waals surface area contributed by atoms with E-state index in [9.17, 15) is 0 Å². The third kappa shape index (κ3) is 2.94. The molecule has 124 valence electrons. The first-order chi connectivity index (χ1) is 11.1. The van der Waals surface area contributed by atoms with E-state index in [2.05, 4.69) is 34.3 Å².